The molecule has 0 radical (unpaired) electrons. The molecule has 8 heteroatoms. The van der Waals surface area contributed by atoms with E-state index in [1.165, 1.54) is 24.5 Å². The molecule has 2 rings (SSSR count). The first kappa shape index (κ1) is 12.1. The Hall–Kier alpha value is -2.41. The molecule has 0 saturated heterocycles. The van der Waals surface area contributed by atoms with E-state index >= 15 is 0 Å². The number of amides is 1. The quantitative estimate of drug-likeness (QED) is 0.778. The summed E-state index contributed by atoms with van der Waals surface area (Å²) >= 11 is 5.75. The van der Waals surface area contributed by atoms with Gasteiger partial charge in [-0.3, -0.25) is 9.89 Å². The van der Waals surface area contributed by atoms with Gasteiger partial charge in [0.15, 0.2) is 0 Å². The van der Waals surface area contributed by atoms with Crippen LogP contribution in [0.2, 0.25) is 5.02 Å². The number of nitrogens with one attached hydrogen (secondary N) is 2. The lowest BCUT2D eigenvalue weighted by Crippen LogP contribution is -2.16. The van der Waals surface area contributed by atoms with Crippen LogP contribution in [0.1, 0.15) is 21.0 Å². The summed E-state index contributed by atoms with van der Waals surface area (Å²) in [4.78, 5) is 26.3. The molecule has 0 bridgehead atoms. The van der Waals surface area contributed by atoms with Crippen molar-refractivity contribution in [2.24, 2.45) is 0 Å². The molecular formula is C10H7ClN4O3. The number of aromatic carboxylic acids is 1. The average Bonchev–Trinajstić information content (AvgIpc) is 2.81. The lowest BCUT2D eigenvalue weighted by Gasteiger charge is -2.07. The molecule has 1 aromatic heterocycles. The van der Waals surface area contributed by atoms with Crippen molar-refractivity contribution >= 4 is 29.2 Å². The van der Waals surface area contributed by atoms with Crippen LogP contribution in [0.4, 0.5) is 5.69 Å². The molecule has 0 aliphatic rings. The minimum atomic E-state index is -1.17. The maximum absolute atomic E-state index is 11.7. The molecule has 0 aliphatic carbocycles. The van der Waals surface area contributed by atoms with Crippen LogP contribution in [0.15, 0.2) is 24.5 Å². The van der Waals surface area contributed by atoms with Gasteiger partial charge in [0.05, 0.1) is 11.3 Å². The predicted molar refractivity (Wildman–Crippen MR) is 62.7 cm³/mol. The minimum Gasteiger partial charge on any atom is -0.478 e. The van der Waals surface area contributed by atoms with E-state index in [0.29, 0.717) is 5.02 Å². The van der Waals surface area contributed by atoms with Gasteiger partial charge in [0.2, 0.25) is 5.82 Å². The van der Waals surface area contributed by atoms with Gasteiger partial charge in [0.1, 0.15) is 6.33 Å². The van der Waals surface area contributed by atoms with E-state index in [4.69, 9.17) is 16.7 Å². The SMILES string of the molecule is O=C(Nc1cc(Cl)ccc1C(=O)O)c1ncn[nH]1. The van der Waals surface area contributed by atoms with Gasteiger partial charge in [-0.1, -0.05) is 11.6 Å². The Morgan fingerprint density at radius 3 is 2.78 bits per heavy atom. The monoisotopic (exact) mass is 266 g/mol. The summed E-state index contributed by atoms with van der Waals surface area (Å²) in [6, 6.07) is 4.08. The van der Waals surface area contributed by atoms with Crippen molar-refractivity contribution < 1.29 is 14.7 Å². The third-order valence-corrected chi connectivity index (χ3v) is 2.33. The number of carboxylic acids is 1. The Labute approximate surface area is 106 Å². The van der Waals surface area contributed by atoms with Crippen LogP contribution in [-0.2, 0) is 0 Å². The molecule has 1 aromatic carbocycles. The van der Waals surface area contributed by atoms with Gasteiger partial charge in [-0.15, -0.1) is 0 Å². The van der Waals surface area contributed by atoms with E-state index in [1.807, 2.05) is 0 Å². The van der Waals surface area contributed by atoms with E-state index in [0.717, 1.165) is 0 Å². The third kappa shape index (κ3) is 2.46. The summed E-state index contributed by atoms with van der Waals surface area (Å²) in [5, 5.41) is 17.6. The number of hydrogen-bond donors (Lipinski definition) is 3. The molecular weight excluding hydrogens is 260 g/mol. The van der Waals surface area contributed by atoms with Gasteiger partial charge in [0, 0.05) is 5.02 Å². The molecule has 3 N–H and O–H groups in total. The van der Waals surface area contributed by atoms with Crippen LogP contribution in [0.3, 0.4) is 0 Å². The van der Waals surface area contributed by atoms with Crippen LogP contribution >= 0.6 is 11.6 Å². The Bertz CT molecular complexity index is 597. The maximum atomic E-state index is 11.7. The Morgan fingerprint density at radius 1 is 1.39 bits per heavy atom. The highest BCUT2D eigenvalue weighted by Gasteiger charge is 2.15. The van der Waals surface area contributed by atoms with E-state index in [1.54, 1.807) is 0 Å². The third-order valence-electron chi connectivity index (χ3n) is 2.09. The van der Waals surface area contributed by atoms with Gasteiger partial charge >= 0.3 is 5.97 Å². The van der Waals surface area contributed by atoms with Crippen molar-refractivity contribution in [2.75, 3.05) is 5.32 Å². The number of carbonyl (C=O) groups is 2. The molecule has 0 fully saturated rings. The normalized spacial score (nSPS) is 10.1. The number of H-pyrrole nitrogens is 1. The first-order valence-electron chi connectivity index (χ1n) is 4.77. The number of nitrogens with zero attached hydrogens (tertiary/aromatic N) is 2. The van der Waals surface area contributed by atoms with Crippen LogP contribution in [0, 0.1) is 0 Å². The van der Waals surface area contributed by atoms with Crippen LogP contribution in [-0.4, -0.2) is 32.2 Å². The predicted octanol–water partition coefficient (Wildman–Crippen LogP) is 1.41. The zero-order valence-electron chi connectivity index (χ0n) is 8.85. The molecule has 0 saturated carbocycles. The second kappa shape index (κ2) is 4.84. The largest absolute Gasteiger partial charge is 0.478 e. The number of hydrogen-bond acceptors (Lipinski definition) is 4. The van der Waals surface area contributed by atoms with Crippen molar-refractivity contribution in [1.29, 1.82) is 0 Å². The fourth-order valence-corrected chi connectivity index (χ4v) is 1.47. The highest BCUT2D eigenvalue weighted by Crippen LogP contribution is 2.21. The molecule has 92 valence electrons. The fourth-order valence-electron chi connectivity index (χ4n) is 1.30. The summed E-state index contributed by atoms with van der Waals surface area (Å²) in [5.41, 5.74) is 0.0312. The topological polar surface area (TPSA) is 108 Å². The van der Waals surface area contributed by atoms with Crippen molar-refractivity contribution in [2.45, 2.75) is 0 Å². The van der Waals surface area contributed by atoms with Crippen molar-refractivity contribution in [3.05, 3.63) is 40.9 Å². The number of carboxylic acid groups (broad SMARTS) is 1. The molecule has 0 unspecified atom stereocenters. The number of aromatic amines is 1. The average molecular weight is 267 g/mol. The zero-order valence-corrected chi connectivity index (χ0v) is 9.60. The number of anilines is 1. The number of rotatable bonds is 3. The maximum Gasteiger partial charge on any atom is 0.337 e. The van der Waals surface area contributed by atoms with Crippen LogP contribution < -0.4 is 5.32 Å². The molecule has 1 heterocycles. The summed E-state index contributed by atoms with van der Waals surface area (Å²) in [6.07, 6.45) is 1.17. The van der Waals surface area contributed by atoms with Crippen molar-refractivity contribution in [3.8, 4) is 0 Å². The highest BCUT2D eigenvalue weighted by atomic mass is 35.5. The summed E-state index contributed by atoms with van der Waals surface area (Å²) in [7, 11) is 0. The van der Waals surface area contributed by atoms with E-state index < -0.39 is 11.9 Å². The lowest BCUT2D eigenvalue weighted by atomic mass is 10.2. The molecule has 0 spiro atoms. The van der Waals surface area contributed by atoms with Crippen molar-refractivity contribution in [1.82, 2.24) is 15.2 Å². The Morgan fingerprint density at radius 2 is 2.17 bits per heavy atom. The van der Waals surface area contributed by atoms with Gasteiger partial charge < -0.3 is 10.4 Å². The summed E-state index contributed by atoms with van der Waals surface area (Å²) in [5.74, 6) is -1.79. The summed E-state index contributed by atoms with van der Waals surface area (Å²) in [6.45, 7) is 0. The molecule has 0 aliphatic heterocycles. The van der Waals surface area contributed by atoms with Gasteiger partial charge in [0.25, 0.3) is 5.91 Å². The fraction of sp³-hybridized carbons (Fsp3) is 0. The minimum absolute atomic E-state index is 0.0219. The first-order chi connectivity index (χ1) is 8.58. The molecule has 2 aromatic rings. The highest BCUT2D eigenvalue weighted by molar-refractivity contribution is 6.31. The lowest BCUT2D eigenvalue weighted by molar-refractivity contribution is 0.0698. The van der Waals surface area contributed by atoms with Gasteiger partial charge in [-0.2, -0.15) is 5.10 Å². The molecule has 1 amide bonds. The Balaban J connectivity index is 2.31. The van der Waals surface area contributed by atoms with E-state index in [2.05, 4.69) is 20.5 Å². The van der Waals surface area contributed by atoms with E-state index in [9.17, 15) is 9.59 Å². The first-order valence-corrected chi connectivity index (χ1v) is 5.15. The van der Waals surface area contributed by atoms with Gasteiger partial charge in [-0.05, 0) is 18.2 Å². The Kier molecular flexibility index (Phi) is 3.24. The summed E-state index contributed by atoms with van der Waals surface area (Å²) < 4.78 is 0. The van der Waals surface area contributed by atoms with Crippen LogP contribution in [0.25, 0.3) is 0 Å². The second-order valence-corrected chi connectivity index (χ2v) is 3.72. The van der Waals surface area contributed by atoms with E-state index in [-0.39, 0.29) is 17.1 Å². The molecule has 7 nitrogen and oxygen atoms in total. The standard InChI is InChI=1S/C10H7ClN4O3/c11-5-1-2-6(10(17)18)7(3-5)14-9(16)8-12-4-13-15-8/h1-4H,(H,14,16)(H,17,18)(H,12,13,15). The zero-order chi connectivity index (χ0) is 13.1. The molecule has 0 atom stereocenters. The number of carbonyl (C=O) groups excluding carboxylic acids is 1. The van der Waals surface area contributed by atoms with Gasteiger partial charge in [-0.25, -0.2) is 9.78 Å². The second-order valence-electron chi connectivity index (χ2n) is 3.28. The van der Waals surface area contributed by atoms with Crippen molar-refractivity contribution in [3.63, 3.8) is 0 Å². The molecule has 18 heavy (non-hydrogen) atoms. The smallest absolute Gasteiger partial charge is 0.337 e. The van der Waals surface area contributed by atoms with Crippen LogP contribution in [0.5, 0.6) is 0 Å². The number of benzene rings is 1. The number of aromatic nitrogens is 3. The number of halogens is 1.